The number of ether oxygens (including phenoxy) is 2. The molecule has 3 aliphatic heterocycles. The molecule has 0 radical (unpaired) electrons. The van der Waals surface area contributed by atoms with E-state index >= 15 is 0 Å². The zero-order valence-corrected chi connectivity index (χ0v) is 16.6. The highest BCUT2D eigenvalue weighted by Gasteiger charge is 2.32. The Bertz CT molecular complexity index is 889. The zero-order chi connectivity index (χ0) is 19.6. The quantitative estimate of drug-likeness (QED) is 0.831. The average molecular weight is 393 g/mol. The Balaban J connectivity index is 1.54. The number of carbonyl (C=O) groups is 1. The summed E-state index contributed by atoms with van der Waals surface area (Å²) in [6, 6.07) is 10.4. The number of hydrogen-bond acceptors (Lipinski definition) is 5. The Hall–Kier alpha value is -2.44. The van der Waals surface area contributed by atoms with Crippen molar-refractivity contribution in [3.8, 4) is 0 Å². The van der Waals surface area contributed by atoms with Gasteiger partial charge in [-0.05, 0) is 61.8 Å². The fourth-order valence-corrected chi connectivity index (χ4v) is 4.53. The van der Waals surface area contributed by atoms with Crippen LogP contribution in [0.3, 0.4) is 0 Å². The minimum absolute atomic E-state index is 0.0496. The van der Waals surface area contributed by atoms with Crippen LogP contribution in [0.4, 0.5) is 17.2 Å². The molecule has 1 atom stereocenters. The van der Waals surface area contributed by atoms with Crippen molar-refractivity contribution in [2.45, 2.75) is 50.7 Å². The molecule has 1 aromatic carbocycles. The van der Waals surface area contributed by atoms with E-state index in [0.29, 0.717) is 19.1 Å². The van der Waals surface area contributed by atoms with Crippen molar-refractivity contribution in [1.29, 1.82) is 0 Å². The van der Waals surface area contributed by atoms with Crippen LogP contribution in [0.1, 0.15) is 49.1 Å². The van der Waals surface area contributed by atoms with Crippen LogP contribution >= 0.6 is 0 Å². The summed E-state index contributed by atoms with van der Waals surface area (Å²) in [7, 11) is 0. The highest BCUT2D eigenvalue weighted by molar-refractivity contribution is 6.00. The van der Waals surface area contributed by atoms with Crippen LogP contribution < -0.4 is 10.2 Å². The maximum Gasteiger partial charge on any atom is 0.256 e. The van der Waals surface area contributed by atoms with Crippen LogP contribution in [-0.4, -0.2) is 36.8 Å². The maximum atomic E-state index is 13.5. The third kappa shape index (κ3) is 3.74. The number of amides is 1. The van der Waals surface area contributed by atoms with Crippen LogP contribution in [0.2, 0.25) is 0 Å². The van der Waals surface area contributed by atoms with Gasteiger partial charge in [-0.25, -0.2) is 4.98 Å². The van der Waals surface area contributed by atoms with Crippen molar-refractivity contribution in [2.24, 2.45) is 0 Å². The van der Waals surface area contributed by atoms with Crippen molar-refractivity contribution in [2.75, 3.05) is 30.0 Å². The SMILES string of the molecule is O=C([C@H]1CCCCO1)N1Cc2cccnc2Nc2ccc(C3CCOCC3)cc21. The van der Waals surface area contributed by atoms with Crippen molar-refractivity contribution in [3.05, 3.63) is 47.7 Å². The standard InChI is InChI=1S/C23H27N3O3/c27-23(21-5-1-2-11-29-21)26-15-18-4-3-10-24-22(18)25-19-7-6-17(14-20(19)26)16-8-12-28-13-9-16/h3-4,6-7,10,14,16,21H,1-2,5,8-9,11-13,15H2,(H,24,25)/t21-/m1/s1. The highest BCUT2D eigenvalue weighted by atomic mass is 16.5. The zero-order valence-electron chi connectivity index (χ0n) is 16.6. The van der Waals surface area contributed by atoms with Gasteiger partial charge in [0.2, 0.25) is 0 Å². The van der Waals surface area contributed by atoms with E-state index in [0.717, 1.165) is 68.1 Å². The molecule has 2 fully saturated rings. The van der Waals surface area contributed by atoms with Crippen LogP contribution in [0, 0.1) is 0 Å². The summed E-state index contributed by atoms with van der Waals surface area (Å²) in [5.74, 6) is 1.33. The number of carbonyl (C=O) groups excluding carboxylic acids is 1. The smallest absolute Gasteiger partial charge is 0.256 e. The minimum atomic E-state index is -0.360. The van der Waals surface area contributed by atoms with E-state index in [-0.39, 0.29) is 12.0 Å². The first-order valence-corrected chi connectivity index (χ1v) is 10.7. The first-order chi connectivity index (χ1) is 14.3. The Morgan fingerprint density at radius 2 is 2.00 bits per heavy atom. The van der Waals surface area contributed by atoms with Gasteiger partial charge in [-0.3, -0.25) is 4.79 Å². The predicted molar refractivity (Wildman–Crippen MR) is 112 cm³/mol. The van der Waals surface area contributed by atoms with Crippen molar-refractivity contribution in [1.82, 2.24) is 4.98 Å². The number of aromatic nitrogens is 1. The summed E-state index contributed by atoms with van der Waals surface area (Å²) in [5, 5.41) is 3.45. The van der Waals surface area contributed by atoms with E-state index in [9.17, 15) is 4.79 Å². The van der Waals surface area contributed by atoms with E-state index < -0.39 is 0 Å². The van der Waals surface area contributed by atoms with Gasteiger partial charge >= 0.3 is 0 Å². The van der Waals surface area contributed by atoms with Crippen LogP contribution in [0.5, 0.6) is 0 Å². The van der Waals surface area contributed by atoms with Gasteiger partial charge in [0, 0.05) is 31.6 Å². The Labute approximate surface area is 171 Å². The van der Waals surface area contributed by atoms with Gasteiger partial charge in [0.15, 0.2) is 0 Å². The van der Waals surface area contributed by atoms with Crippen molar-refractivity contribution in [3.63, 3.8) is 0 Å². The lowest BCUT2D eigenvalue weighted by Gasteiger charge is -2.30. The Morgan fingerprint density at radius 1 is 1.10 bits per heavy atom. The van der Waals surface area contributed by atoms with Crippen LogP contribution in [0.25, 0.3) is 0 Å². The average Bonchev–Trinajstić information content (AvgIpc) is 2.96. The monoisotopic (exact) mass is 393 g/mol. The molecule has 29 heavy (non-hydrogen) atoms. The van der Waals surface area contributed by atoms with Gasteiger partial charge in [-0.2, -0.15) is 0 Å². The van der Waals surface area contributed by atoms with E-state index in [1.54, 1.807) is 6.20 Å². The molecule has 1 N–H and O–H groups in total. The van der Waals surface area contributed by atoms with Crippen molar-refractivity contribution < 1.29 is 14.3 Å². The summed E-state index contributed by atoms with van der Waals surface area (Å²) in [5.41, 5.74) is 4.13. The van der Waals surface area contributed by atoms with Gasteiger partial charge < -0.3 is 19.7 Å². The molecule has 1 aromatic heterocycles. The molecule has 0 unspecified atom stereocenters. The van der Waals surface area contributed by atoms with Gasteiger partial charge in [0.1, 0.15) is 11.9 Å². The number of nitrogens with one attached hydrogen (secondary N) is 1. The first kappa shape index (κ1) is 18.6. The summed E-state index contributed by atoms with van der Waals surface area (Å²) in [4.78, 5) is 19.9. The number of fused-ring (bicyclic) bond motifs is 2. The van der Waals surface area contributed by atoms with Crippen LogP contribution in [-0.2, 0) is 20.8 Å². The van der Waals surface area contributed by atoms with Crippen LogP contribution in [0.15, 0.2) is 36.5 Å². The second kappa shape index (κ2) is 8.13. The highest BCUT2D eigenvalue weighted by Crippen LogP contribution is 2.39. The number of benzene rings is 1. The first-order valence-electron chi connectivity index (χ1n) is 10.7. The largest absolute Gasteiger partial charge is 0.381 e. The van der Waals surface area contributed by atoms with Crippen molar-refractivity contribution >= 4 is 23.1 Å². The lowest BCUT2D eigenvalue weighted by molar-refractivity contribution is -0.132. The maximum absolute atomic E-state index is 13.5. The summed E-state index contributed by atoms with van der Waals surface area (Å²) >= 11 is 0. The molecule has 152 valence electrons. The molecule has 3 aliphatic rings. The topological polar surface area (TPSA) is 63.7 Å². The molecule has 6 heteroatoms. The molecule has 4 heterocycles. The molecular weight excluding hydrogens is 366 g/mol. The van der Waals surface area contributed by atoms with E-state index in [1.807, 2.05) is 17.0 Å². The summed E-state index contributed by atoms with van der Waals surface area (Å²) in [6.07, 6.45) is 6.32. The van der Waals surface area contributed by atoms with E-state index in [4.69, 9.17) is 9.47 Å². The molecule has 0 saturated carbocycles. The van der Waals surface area contributed by atoms with Gasteiger partial charge in [-0.15, -0.1) is 0 Å². The lowest BCUT2D eigenvalue weighted by Crippen LogP contribution is -2.41. The molecule has 2 aromatic rings. The molecule has 1 amide bonds. The normalized spacial score (nSPS) is 22.2. The molecular formula is C23H27N3O3. The van der Waals surface area contributed by atoms with E-state index in [1.165, 1.54) is 5.56 Å². The second-order valence-electron chi connectivity index (χ2n) is 8.08. The molecule has 0 bridgehead atoms. The number of nitrogens with zero attached hydrogens (tertiary/aromatic N) is 2. The molecule has 5 rings (SSSR count). The fourth-order valence-electron chi connectivity index (χ4n) is 4.53. The van der Waals surface area contributed by atoms with Gasteiger partial charge in [-0.1, -0.05) is 12.1 Å². The molecule has 6 nitrogen and oxygen atoms in total. The molecule has 2 saturated heterocycles. The lowest BCUT2D eigenvalue weighted by atomic mass is 9.91. The van der Waals surface area contributed by atoms with Gasteiger partial charge in [0.05, 0.1) is 17.9 Å². The summed E-state index contributed by atoms with van der Waals surface area (Å²) in [6.45, 7) is 2.76. The third-order valence-electron chi connectivity index (χ3n) is 6.20. The minimum Gasteiger partial charge on any atom is -0.381 e. The van der Waals surface area contributed by atoms with E-state index in [2.05, 4.69) is 28.5 Å². The summed E-state index contributed by atoms with van der Waals surface area (Å²) < 4.78 is 11.4. The Kier molecular flexibility index (Phi) is 5.21. The number of hydrogen-bond donors (Lipinski definition) is 1. The molecule has 0 spiro atoms. The third-order valence-corrected chi connectivity index (χ3v) is 6.20. The predicted octanol–water partition coefficient (Wildman–Crippen LogP) is 4.13. The molecule has 0 aliphatic carbocycles. The number of pyridine rings is 1. The second-order valence-corrected chi connectivity index (χ2v) is 8.08. The fraction of sp³-hybridized carbons (Fsp3) is 0.478. The Morgan fingerprint density at radius 3 is 2.83 bits per heavy atom. The number of anilines is 3. The van der Waals surface area contributed by atoms with Gasteiger partial charge in [0.25, 0.3) is 5.91 Å². The number of rotatable bonds is 2.